The molecule has 0 saturated heterocycles. The van der Waals surface area contributed by atoms with Crippen molar-refractivity contribution in [2.24, 2.45) is 0 Å². The SMILES string of the molecule is COC1C=C2C(=CN(C)C(C#N)=C2c2cc(C(F)(F)F)cc(C(F)(F)F)c2)CC1=O. The zero-order valence-electron chi connectivity index (χ0n) is 15.6. The van der Waals surface area contributed by atoms with Crippen LogP contribution in [-0.2, 0) is 21.9 Å². The number of benzene rings is 1. The quantitative estimate of drug-likeness (QED) is 0.641. The lowest BCUT2D eigenvalue weighted by Crippen LogP contribution is -2.29. The summed E-state index contributed by atoms with van der Waals surface area (Å²) in [5.74, 6) is -0.319. The average molecular weight is 428 g/mol. The molecule has 1 aromatic carbocycles. The highest BCUT2D eigenvalue weighted by molar-refractivity contribution is 5.98. The van der Waals surface area contributed by atoms with E-state index in [0.29, 0.717) is 17.7 Å². The van der Waals surface area contributed by atoms with Crippen molar-refractivity contribution in [3.8, 4) is 6.07 Å². The Balaban J connectivity index is 2.33. The smallest absolute Gasteiger partial charge is 0.370 e. The van der Waals surface area contributed by atoms with Crippen molar-refractivity contribution in [2.45, 2.75) is 24.9 Å². The Morgan fingerprint density at radius 3 is 2.13 bits per heavy atom. The second-order valence-electron chi connectivity index (χ2n) is 6.77. The summed E-state index contributed by atoms with van der Waals surface area (Å²) in [5, 5.41) is 9.57. The first-order chi connectivity index (χ1) is 13.9. The number of methoxy groups -OCH3 is 1. The van der Waals surface area contributed by atoms with E-state index in [0.717, 1.165) is 0 Å². The molecule has 10 heteroatoms. The first-order valence-corrected chi connectivity index (χ1v) is 8.52. The highest BCUT2D eigenvalue weighted by atomic mass is 19.4. The van der Waals surface area contributed by atoms with Crippen LogP contribution in [0.2, 0.25) is 0 Å². The Labute approximate surface area is 167 Å². The first kappa shape index (κ1) is 21.6. The minimum atomic E-state index is -5.03. The van der Waals surface area contributed by atoms with Gasteiger partial charge in [0.15, 0.2) is 5.78 Å². The molecular weight excluding hydrogens is 414 g/mol. The van der Waals surface area contributed by atoms with E-state index in [-0.39, 0.29) is 35.1 Å². The predicted octanol–water partition coefficient (Wildman–Crippen LogP) is 4.70. The van der Waals surface area contributed by atoms with Crippen molar-refractivity contribution < 1.29 is 35.9 Å². The van der Waals surface area contributed by atoms with Gasteiger partial charge in [-0.3, -0.25) is 4.79 Å². The number of nitrogens with zero attached hydrogens (tertiary/aromatic N) is 2. The molecule has 0 aromatic heterocycles. The molecule has 0 N–H and O–H groups in total. The Morgan fingerprint density at radius 1 is 1.10 bits per heavy atom. The number of allylic oxidation sites excluding steroid dienone is 4. The lowest BCUT2D eigenvalue weighted by molar-refractivity contribution is -0.143. The number of fused-ring (bicyclic) bond motifs is 1. The van der Waals surface area contributed by atoms with Gasteiger partial charge in [-0.1, -0.05) is 0 Å². The van der Waals surface area contributed by atoms with E-state index in [4.69, 9.17) is 4.74 Å². The monoisotopic (exact) mass is 428 g/mol. The molecule has 2 aliphatic rings. The minimum absolute atomic E-state index is 0.0239. The number of halogens is 6. The summed E-state index contributed by atoms with van der Waals surface area (Å²) in [4.78, 5) is 13.4. The first-order valence-electron chi connectivity index (χ1n) is 8.52. The summed E-state index contributed by atoms with van der Waals surface area (Å²) in [6, 6.07) is 2.99. The number of ether oxygens (including phenoxy) is 1. The summed E-state index contributed by atoms with van der Waals surface area (Å²) >= 11 is 0. The summed E-state index contributed by atoms with van der Waals surface area (Å²) in [6.45, 7) is 0. The number of carbonyl (C=O) groups excluding carboxylic acids is 1. The molecule has 0 amide bonds. The van der Waals surface area contributed by atoms with Crippen LogP contribution in [0, 0.1) is 11.3 Å². The van der Waals surface area contributed by atoms with Crippen LogP contribution in [-0.4, -0.2) is 30.9 Å². The number of hydrogen-bond donors (Lipinski definition) is 0. The van der Waals surface area contributed by atoms with Crippen LogP contribution in [0.25, 0.3) is 5.57 Å². The van der Waals surface area contributed by atoms with E-state index in [1.807, 2.05) is 6.07 Å². The van der Waals surface area contributed by atoms with Crippen LogP contribution in [0.1, 0.15) is 23.1 Å². The van der Waals surface area contributed by atoms with Crippen LogP contribution in [0.3, 0.4) is 0 Å². The van der Waals surface area contributed by atoms with Crippen LogP contribution in [0.4, 0.5) is 26.3 Å². The molecule has 0 fully saturated rings. The molecule has 1 aliphatic carbocycles. The molecule has 1 atom stereocenters. The number of rotatable bonds is 2. The fourth-order valence-electron chi connectivity index (χ4n) is 3.42. The molecule has 158 valence electrons. The molecule has 0 spiro atoms. The summed E-state index contributed by atoms with van der Waals surface area (Å²) in [7, 11) is 2.68. The van der Waals surface area contributed by atoms with Gasteiger partial charge in [-0.2, -0.15) is 31.6 Å². The number of alkyl halides is 6. The Morgan fingerprint density at radius 2 is 1.67 bits per heavy atom. The van der Waals surface area contributed by atoms with E-state index in [9.17, 15) is 36.4 Å². The van der Waals surface area contributed by atoms with Crippen LogP contribution in [0.15, 0.2) is 47.3 Å². The molecule has 0 saturated carbocycles. The van der Waals surface area contributed by atoms with Gasteiger partial charge in [0.05, 0.1) is 11.1 Å². The molecule has 0 bridgehead atoms. The Bertz CT molecular complexity index is 1010. The third-order valence-electron chi connectivity index (χ3n) is 4.79. The second kappa shape index (κ2) is 7.32. The Kier molecular flexibility index (Phi) is 5.28. The molecular formula is C20H14F6N2O2. The van der Waals surface area contributed by atoms with E-state index >= 15 is 0 Å². The fraction of sp³-hybridized carbons (Fsp3) is 0.300. The molecule has 1 unspecified atom stereocenters. The zero-order valence-corrected chi connectivity index (χ0v) is 15.6. The molecule has 3 rings (SSSR count). The van der Waals surface area contributed by atoms with Crippen LogP contribution < -0.4 is 0 Å². The molecule has 1 aromatic rings. The molecule has 1 aliphatic heterocycles. The maximum atomic E-state index is 13.3. The Hall–Kier alpha value is -3.06. The van der Waals surface area contributed by atoms with Crippen LogP contribution in [0.5, 0.6) is 0 Å². The highest BCUT2D eigenvalue weighted by Gasteiger charge is 2.39. The fourth-order valence-corrected chi connectivity index (χ4v) is 3.42. The molecule has 1 heterocycles. The van der Waals surface area contributed by atoms with Gasteiger partial charge in [0, 0.05) is 32.4 Å². The zero-order chi connectivity index (χ0) is 22.4. The van der Waals surface area contributed by atoms with Crippen molar-refractivity contribution in [3.05, 3.63) is 64.0 Å². The van der Waals surface area contributed by atoms with Gasteiger partial charge in [0.2, 0.25) is 0 Å². The van der Waals surface area contributed by atoms with Crippen molar-refractivity contribution in [1.29, 1.82) is 5.26 Å². The van der Waals surface area contributed by atoms with Gasteiger partial charge in [-0.25, -0.2) is 0 Å². The van der Waals surface area contributed by atoms with Crippen LogP contribution >= 0.6 is 0 Å². The highest BCUT2D eigenvalue weighted by Crippen LogP contribution is 2.44. The van der Waals surface area contributed by atoms with Gasteiger partial charge in [-0.05, 0) is 41.0 Å². The number of carbonyl (C=O) groups is 1. The normalized spacial score (nSPS) is 19.9. The topological polar surface area (TPSA) is 53.3 Å². The van der Waals surface area contributed by atoms with Crippen molar-refractivity contribution in [2.75, 3.05) is 14.2 Å². The maximum Gasteiger partial charge on any atom is 0.416 e. The summed E-state index contributed by atoms with van der Waals surface area (Å²) in [6.07, 6.45) is -8.46. The van der Waals surface area contributed by atoms with E-state index < -0.39 is 35.1 Å². The van der Waals surface area contributed by atoms with Crippen molar-refractivity contribution in [3.63, 3.8) is 0 Å². The van der Waals surface area contributed by atoms with Gasteiger partial charge >= 0.3 is 12.4 Å². The van der Waals surface area contributed by atoms with Crippen molar-refractivity contribution in [1.82, 2.24) is 4.90 Å². The number of Topliss-reactive ketones (excluding diaryl/α,β-unsaturated/α-hetero) is 1. The van der Waals surface area contributed by atoms with E-state index in [1.54, 1.807) is 0 Å². The third kappa shape index (κ3) is 3.85. The lowest BCUT2D eigenvalue weighted by atomic mass is 9.80. The van der Waals surface area contributed by atoms with Gasteiger partial charge in [0.25, 0.3) is 0 Å². The number of ketones is 1. The van der Waals surface area contributed by atoms with Crippen molar-refractivity contribution >= 4 is 11.4 Å². The van der Waals surface area contributed by atoms with Gasteiger partial charge in [0.1, 0.15) is 17.9 Å². The third-order valence-corrected chi connectivity index (χ3v) is 4.79. The van der Waals surface area contributed by atoms with E-state index in [1.165, 1.54) is 31.3 Å². The molecule has 4 nitrogen and oxygen atoms in total. The van der Waals surface area contributed by atoms with Gasteiger partial charge < -0.3 is 9.64 Å². The summed E-state index contributed by atoms with van der Waals surface area (Å²) in [5.41, 5.74) is -3.12. The average Bonchev–Trinajstić information content (AvgIpc) is 2.64. The number of nitriles is 1. The standard InChI is InChI=1S/C20H14F6N2O2/c1-28-9-11-5-16(29)17(30-2)7-14(11)18(15(28)8-27)10-3-12(19(21,22)23)6-13(4-10)20(24,25)26/h3-4,6-7,9,17H,5H2,1-2H3. The lowest BCUT2D eigenvalue weighted by Gasteiger charge is -2.32. The maximum absolute atomic E-state index is 13.3. The minimum Gasteiger partial charge on any atom is -0.370 e. The van der Waals surface area contributed by atoms with E-state index in [2.05, 4.69) is 0 Å². The predicted molar refractivity (Wildman–Crippen MR) is 93.3 cm³/mol. The second-order valence-corrected chi connectivity index (χ2v) is 6.77. The van der Waals surface area contributed by atoms with Gasteiger partial charge in [-0.15, -0.1) is 0 Å². The molecule has 30 heavy (non-hydrogen) atoms. The molecule has 0 radical (unpaired) electrons. The largest absolute Gasteiger partial charge is 0.416 e. The summed E-state index contributed by atoms with van der Waals surface area (Å²) < 4.78 is 84.9. The number of hydrogen-bond acceptors (Lipinski definition) is 4.